The van der Waals surface area contributed by atoms with Gasteiger partial charge in [0.1, 0.15) is 6.04 Å². The van der Waals surface area contributed by atoms with Crippen LogP contribution in [-0.2, 0) is 28.6 Å². The fourth-order valence-electron chi connectivity index (χ4n) is 2.08. The number of carbonyl (C=O) groups excluding carboxylic acids is 3. The maximum absolute atomic E-state index is 12.5. The van der Waals surface area contributed by atoms with Gasteiger partial charge >= 0.3 is 24.0 Å². The Balaban J connectivity index is 3.12. The smallest absolute Gasteiger partial charge is 0.457 e. The van der Waals surface area contributed by atoms with E-state index in [2.05, 4.69) is 15.9 Å². The molecule has 0 aromatic heterocycles. The van der Waals surface area contributed by atoms with Crippen molar-refractivity contribution in [3.05, 3.63) is 0 Å². The van der Waals surface area contributed by atoms with Crippen molar-refractivity contribution < 1.29 is 41.8 Å². The number of nitrogens with one attached hydrogen (secondary N) is 1. The second-order valence-corrected chi connectivity index (χ2v) is 5.74. The van der Waals surface area contributed by atoms with Crippen molar-refractivity contribution in [1.29, 1.82) is 0 Å². The molecule has 0 aromatic carbocycles. The Morgan fingerprint density at radius 1 is 1.09 bits per heavy atom. The largest absolute Gasteiger partial charge is 0.471 e. The summed E-state index contributed by atoms with van der Waals surface area (Å²) in [4.78, 5) is 33.6. The zero-order valence-electron chi connectivity index (χ0n) is 12.3. The first-order chi connectivity index (χ1) is 10.4. The predicted octanol–water partition coefficient (Wildman–Crippen LogP) is 1.04. The van der Waals surface area contributed by atoms with Crippen LogP contribution in [0.25, 0.3) is 0 Å². The summed E-state index contributed by atoms with van der Waals surface area (Å²) >= 11 is 3.03. The lowest BCUT2D eigenvalue weighted by Crippen LogP contribution is -2.65. The van der Waals surface area contributed by atoms with Crippen LogP contribution in [0.1, 0.15) is 20.8 Å². The summed E-state index contributed by atoms with van der Waals surface area (Å²) in [5.41, 5.74) is 0. The molecular weight excluding hydrogens is 391 g/mol. The number of hydrogen-bond donors (Lipinski definition) is 1. The van der Waals surface area contributed by atoms with Gasteiger partial charge in [-0.1, -0.05) is 15.9 Å². The second-order valence-electron chi connectivity index (χ2n) is 4.84. The number of carbonyl (C=O) groups is 3. The van der Waals surface area contributed by atoms with E-state index in [1.807, 2.05) is 0 Å². The summed E-state index contributed by atoms with van der Waals surface area (Å²) < 4.78 is 52.7. The molecule has 132 valence electrons. The summed E-state index contributed by atoms with van der Waals surface area (Å²) in [6.45, 7) is 3.54. The van der Waals surface area contributed by atoms with Gasteiger partial charge in [-0.25, -0.2) is 0 Å². The van der Waals surface area contributed by atoms with Crippen LogP contribution in [0, 0.1) is 0 Å². The number of esters is 2. The van der Waals surface area contributed by atoms with Gasteiger partial charge in [-0.15, -0.1) is 0 Å². The Morgan fingerprint density at radius 3 is 2.00 bits per heavy atom. The highest BCUT2D eigenvalue weighted by Crippen LogP contribution is 2.30. The third kappa shape index (κ3) is 5.34. The molecule has 0 unspecified atom stereocenters. The van der Waals surface area contributed by atoms with Crippen LogP contribution < -0.4 is 5.32 Å². The van der Waals surface area contributed by atoms with E-state index in [4.69, 9.17) is 14.2 Å². The summed E-state index contributed by atoms with van der Waals surface area (Å²) in [6, 6.07) is -1.44. The molecule has 0 bridgehead atoms. The standard InChI is InChI=1S/C12H15BrF3NO6/c1-4-8(22-5(2)18)7(17-11(20)12(14,15)16)9(10(13)21-4)23-6(3)19/h4,7-10H,1-3H3,(H,17,20)/t4-,7+,8-,9+,10-/m0/s1. The van der Waals surface area contributed by atoms with Crippen molar-refractivity contribution >= 4 is 33.8 Å². The highest BCUT2D eigenvalue weighted by molar-refractivity contribution is 9.09. The van der Waals surface area contributed by atoms with Crippen molar-refractivity contribution in [2.24, 2.45) is 0 Å². The third-order valence-corrected chi connectivity index (χ3v) is 3.67. The molecule has 1 amide bonds. The predicted molar refractivity (Wildman–Crippen MR) is 72.4 cm³/mol. The van der Waals surface area contributed by atoms with Gasteiger partial charge in [-0.05, 0) is 6.92 Å². The van der Waals surface area contributed by atoms with E-state index in [-0.39, 0.29) is 0 Å². The van der Waals surface area contributed by atoms with E-state index in [1.165, 1.54) is 6.92 Å². The molecule has 1 fully saturated rings. The van der Waals surface area contributed by atoms with Gasteiger partial charge in [-0.2, -0.15) is 13.2 Å². The van der Waals surface area contributed by atoms with E-state index in [9.17, 15) is 27.6 Å². The highest BCUT2D eigenvalue weighted by Gasteiger charge is 2.51. The van der Waals surface area contributed by atoms with Crippen molar-refractivity contribution in [3.8, 4) is 0 Å². The molecule has 11 heteroatoms. The highest BCUT2D eigenvalue weighted by atomic mass is 79.9. The minimum absolute atomic E-state index is 0.786. The maximum atomic E-state index is 12.5. The van der Waals surface area contributed by atoms with Crippen LogP contribution in [0.3, 0.4) is 0 Å². The van der Waals surface area contributed by atoms with Gasteiger partial charge in [0.05, 0.1) is 6.10 Å². The van der Waals surface area contributed by atoms with E-state index >= 15 is 0 Å². The Bertz CT molecular complexity index is 458. The van der Waals surface area contributed by atoms with Crippen LogP contribution >= 0.6 is 15.9 Å². The molecule has 1 heterocycles. The summed E-state index contributed by atoms with van der Waals surface area (Å²) in [5, 5.41) is 0.708. The monoisotopic (exact) mass is 405 g/mol. The van der Waals surface area contributed by atoms with Crippen molar-refractivity contribution in [2.45, 2.75) is 56.3 Å². The molecule has 0 radical (unpaired) electrons. The van der Waals surface area contributed by atoms with E-state index in [0.29, 0.717) is 0 Å². The molecule has 1 N–H and O–H groups in total. The van der Waals surface area contributed by atoms with Crippen molar-refractivity contribution in [3.63, 3.8) is 0 Å². The second kappa shape index (κ2) is 7.47. The minimum Gasteiger partial charge on any atom is -0.457 e. The molecule has 1 aliphatic rings. The lowest BCUT2D eigenvalue weighted by molar-refractivity contribution is -0.200. The summed E-state index contributed by atoms with van der Waals surface area (Å²) in [6.07, 6.45) is -8.59. The molecule has 0 saturated carbocycles. The first-order valence-electron chi connectivity index (χ1n) is 6.45. The number of amides is 1. The zero-order chi connectivity index (χ0) is 17.9. The van der Waals surface area contributed by atoms with Crippen LogP contribution in [0.2, 0.25) is 0 Å². The molecular formula is C12H15BrF3NO6. The lowest BCUT2D eigenvalue weighted by Gasteiger charge is -2.43. The number of hydrogen-bond acceptors (Lipinski definition) is 6. The molecule has 0 spiro atoms. The molecule has 1 rings (SSSR count). The lowest BCUT2D eigenvalue weighted by atomic mass is 9.97. The first kappa shape index (κ1) is 19.7. The number of rotatable bonds is 3. The average molecular weight is 406 g/mol. The Labute approximate surface area is 137 Å². The Morgan fingerprint density at radius 2 is 1.57 bits per heavy atom. The van der Waals surface area contributed by atoms with Crippen LogP contribution in [0.5, 0.6) is 0 Å². The molecule has 1 aliphatic heterocycles. The Kier molecular flexibility index (Phi) is 6.40. The maximum Gasteiger partial charge on any atom is 0.471 e. The summed E-state index contributed by atoms with van der Waals surface area (Å²) in [5.74, 6) is -3.83. The third-order valence-electron chi connectivity index (χ3n) is 2.93. The van der Waals surface area contributed by atoms with Crippen LogP contribution in [0.15, 0.2) is 0 Å². The van der Waals surface area contributed by atoms with E-state index in [1.54, 1.807) is 5.32 Å². The molecule has 23 heavy (non-hydrogen) atoms. The minimum atomic E-state index is -5.15. The Hall–Kier alpha value is -1.36. The molecule has 7 nitrogen and oxygen atoms in total. The number of ether oxygens (including phenoxy) is 3. The first-order valence-corrected chi connectivity index (χ1v) is 7.36. The van der Waals surface area contributed by atoms with Gasteiger partial charge in [0.15, 0.2) is 17.2 Å². The molecule has 5 atom stereocenters. The van der Waals surface area contributed by atoms with Crippen LogP contribution in [-0.4, -0.2) is 53.4 Å². The van der Waals surface area contributed by atoms with Crippen LogP contribution in [0.4, 0.5) is 13.2 Å². The molecule has 1 saturated heterocycles. The topological polar surface area (TPSA) is 90.9 Å². The number of halogens is 4. The SMILES string of the molecule is CC(=O)O[C@@H]1[C@@H](NC(=O)C(F)(F)F)[C@@H](OC(C)=O)[C@@H](Br)O[C@H]1C. The summed E-state index contributed by atoms with van der Waals surface area (Å²) in [7, 11) is 0. The number of alkyl halides is 4. The van der Waals surface area contributed by atoms with Gasteiger partial charge < -0.3 is 19.5 Å². The molecule has 0 aromatic rings. The van der Waals surface area contributed by atoms with E-state index < -0.39 is 53.4 Å². The fraction of sp³-hybridized carbons (Fsp3) is 0.750. The van der Waals surface area contributed by atoms with Gasteiger partial charge in [0, 0.05) is 13.8 Å². The quantitative estimate of drug-likeness (QED) is 0.557. The molecule has 0 aliphatic carbocycles. The van der Waals surface area contributed by atoms with Crippen molar-refractivity contribution in [1.82, 2.24) is 5.32 Å². The van der Waals surface area contributed by atoms with Gasteiger partial charge in [-0.3, -0.25) is 14.4 Å². The zero-order valence-corrected chi connectivity index (χ0v) is 13.9. The average Bonchev–Trinajstić information content (AvgIpc) is 2.36. The van der Waals surface area contributed by atoms with E-state index in [0.717, 1.165) is 13.8 Å². The fourth-order valence-corrected chi connectivity index (χ4v) is 2.86. The normalized spacial score (nSPS) is 31.2. The van der Waals surface area contributed by atoms with Gasteiger partial charge in [0.2, 0.25) is 0 Å². The van der Waals surface area contributed by atoms with Crippen molar-refractivity contribution in [2.75, 3.05) is 0 Å². The van der Waals surface area contributed by atoms with Gasteiger partial charge in [0.25, 0.3) is 0 Å².